The quantitative estimate of drug-likeness (QED) is 0.567. The fourth-order valence-electron chi connectivity index (χ4n) is 7.85. The van der Waals surface area contributed by atoms with E-state index in [4.69, 9.17) is 28.7 Å². The average Bonchev–Trinajstić information content (AvgIpc) is 3.67. The van der Waals surface area contributed by atoms with Crippen LogP contribution in [-0.4, -0.2) is 71.4 Å². The van der Waals surface area contributed by atoms with Gasteiger partial charge in [0.05, 0.1) is 17.7 Å². The highest BCUT2D eigenvalue weighted by Crippen LogP contribution is 2.48. The Bertz CT molecular complexity index is 1250. The average molecular weight is 537 g/mol. The third-order valence-corrected chi connectivity index (χ3v) is 10.0. The van der Waals surface area contributed by atoms with Crippen LogP contribution in [0.3, 0.4) is 0 Å². The van der Waals surface area contributed by atoms with Gasteiger partial charge >= 0.3 is 0 Å². The highest BCUT2D eigenvalue weighted by atomic mass is 16.6. The van der Waals surface area contributed by atoms with Crippen LogP contribution in [0.25, 0.3) is 11.5 Å². The smallest absolute Gasteiger partial charge is 0.220 e. The molecular weight excluding hydrogens is 496 g/mol. The van der Waals surface area contributed by atoms with Gasteiger partial charge in [-0.25, -0.2) is 4.98 Å². The number of likely N-dealkylation sites (N-methyl/N-ethyl adjacent to an activating group) is 1. The van der Waals surface area contributed by atoms with Gasteiger partial charge in [0, 0.05) is 43.2 Å². The lowest BCUT2D eigenvalue weighted by molar-refractivity contribution is -0.128. The molecule has 2 saturated heterocycles. The summed E-state index contributed by atoms with van der Waals surface area (Å²) in [5.41, 5.74) is 2.43. The molecule has 3 aliphatic heterocycles. The summed E-state index contributed by atoms with van der Waals surface area (Å²) in [5, 5.41) is 4.56. The number of fused-ring (bicyclic) bond motifs is 4. The molecule has 9 heteroatoms. The van der Waals surface area contributed by atoms with Crippen LogP contribution >= 0.6 is 0 Å². The number of hydrogen-bond donors (Lipinski definition) is 0. The predicted octanol–water partition coefficient (Wildman–Crippen LogP) is 4.29. The van der Waals surface area contributed by atoms with Crippen LogP contribution in [-0.2, 0) is 38.1 Å². The number of ether oxygens (including phenoxy) is 3. The van der Waals surface area contributed by atoms with Gasteiger partial charge in [-0.05, 0) is 78.3 Å². The summed E-state index contributed by atoms with van der Waals surface area (Å²) in [6.07, 6.45) is 10.8. The summed E-state index contributed by atoms with van der Waals surface area (Å²) in [6.45, 7) is 5.01. The lowest BCUT2D eigenvalue weighted by atomic mass is 9.64. The van der Waals surface area contributed by atoms with Crippen molar-refractivity contribution in [2.75, 3.05) is 33.4 Å². The van der Waals surface area contributed by atoms with E-state index in [0.29, 0.717) is 55.5 Å². The van der Waals surface area contributed by atoms with Crippen LogP contribution in [0.5, 0.6) is 5.88 Å². The summed E-state index contributed by atoms with van der Waals surface area (Å²) in [6, 6.07) is 0.349. The van der Waals surface area contributed by atoms with Crippen LogP contribution < -0.4 is 4.74 Å². The molecule has 0 radical (unpaired) electrons. The third kappa shape index (κ3) is 4.15. The molecule has 0 amide bonds. The summed E-state index contributed by atoms with van der Waals surface area (Å²) in [7, 11) is 2.17. The van der Waals surface area contributed by atoms with Gasteiger partial charge in [0.2, 0.25) is 5.88 Å². The minimum atomic E-state index is -0.598. The molecule has 5 heterocycles. The maximum absolute atomic E-state index is 13.2. The number of aromatic nitrogens is 3. The minimum Gasteiger partial charge on any atom is -0.473 e. The topological polar surface area (TPSA) is 99.8 Å². The van der Waals surface area contributed by atoms with E-state index in [2.05, 4.69) is 24.0 Å². The zero-order chi connectivity index (χ0) is 26.6. The van der Waals surface area contributed by atoms with Gasteiger partial charge in [0.25, 0.3) is 0 Å². The molecule has 2 aromatic heterocycles. The van der Waals surface area contributed by atoms with E-state index in [1.807, 2.05) is 0 Å². The minimum absolute atomic E-state index is 0.0151. The second kappa shape index (κ2) is 9.93. The van der Waals surface area contributed by atoms with Crippen LogP contribution in [0.15, 0.2) is 4.52 Å². The van der Waals surface area contributed by atoms with E-state index >= 15 is 0 Å². The predicted molar refractivity (Wildman–Crippen MR) is 143 cm³/mol. The molecule has 0 N–H and O–H groups in total. The molecule has 9 nitrogen and oxygen atoms in total. The zero-order valence-electron chi connectivity index (χ0n) is 23.3. The van der Waals surface area contributed by atoms with Gasteiger partial charge in [-0.15, -0.1) is 0 Å². The molecule has 4 atom stereocenters. The Labute approximate surface area is 230 Å². The maximum atomic E-state index is 13.2. The molecule has 5 aliphatic rings. The van der Waals surface area contributed by atoms with Gasteiger partial charge < -0.3 is 18.7 Å². The van der Waals surface area contributed by atoms with E-state index in [1.54, 1.807) is 0 Å². The van der Waals surface area contributed by atoms with E-state index in [9.17, 15) is 4.79 Å². The van der Waals surface area contributed by atoms with E-state index in [-0.39, 0.29) is 6.10 Å². The zero-order valence-corrected chi connectivity index (χ0v) is 23.3. The molecule has 2 spiro atoms. The van der Waals surface area contributed by atoms with E-state index in [0.717, 1.165) is 93.3 Å². The van der Waals surface area contributed by atoms with Crippen LogP contribution in [0.2, 0.25) is 0 Å². The summed E-state index contributed by atoms with van der Waals surface area (Å²) in [4.78, 5) is 25.9. The molecule has 3 fully saturated rings. The van der Waals surface area contributed by atoms with Crippen molar-refractivity contribution < 1.29 is 23.5 Å². The monoisotopic (exact) mass is 536 g/mol. The Morgan fingerprint density at radius 2 is 1.87 bits per heavy atom. The van der Waals surface area contributed by atoms with Gasteiger partial charge in [0.1, 0.15) is 17.5 Å². The van der Waals surface area contributed by atoms with Gasteiger partial charge in [0.15, 0.2) is 17.3 Å². The largest absolute Gasteiger partial charge is 0.473 e. The fraction of sp³-hybridized carbons (Fsp3) is 0.733. The number of hydrogen-bond acceptors (Lipinski definition) is 9. The lowest BCUT2D eigenvalue weighted by Crippen LogP contribution is -2.41. The first-order chi connectivity index (χ1) is 19.0. The number of Topliss-reactive ketones (excluding diaryl/α,β-unsaturated/α-hetero) is 1. The highest BCUT2D eigenvalue weighted by Gasteiger charge is 2.49. The molecule has 2 aromatic rings. The van der Waals surface area contributed by atoms with Crippen molar-refractivity contribution in [1.82, 2.24) is 20.0 Å². The molecule has 0 aromatic carbocycles. The summed E-state index contributed by atoms with van der Waals surface area (Å²) >= 11 is 0. The lowest BCUT2D eigenvalue weighted by Gasteiger charge is -2.36. The van der Waals surface area contributed by atoms with Crippen molar-refractivity contribution in [3.05, 3.63) is 22.6 Å². The Hall–Kier alpha value is -2.36. The Morgan fingerprint density at radius 3 is 2.67 bits per heavy atom. The number of ketones is 1. The Morgan fingerprint density at radius 1 is 1.00 bits per heavy atom. The number of rotatable bonds is 4. The molecule has 210 valence electrons. The van der Waals surface area contributed by atoms with Crippen molar-refractivity contribution in [2.45, 2.75) is 107 Å². The first-order valence-electron chi connectivity index (χ1n) is 15.0. The normalized spacial score (nSPS) is 31.8. The number of carbonyl (C=O) groups excluding carboxylic acids is 1. The standard InChI is InChI=1S/C30H40N4O5/c1-19(22-10-6-15-34(22)2)38-28-21-9-7-16-37-30(14-17-36-18-30)25(21)31-27(32-28)24-20-8-5-13-29(26(20)39-33-24)12-4-3-11-23(29)35/h19,22H,3-18H2,1-2H3/t19-,22-,29+,30-/m0/s1. The van der Waals surface area contributed by atoms with Crippen LogP contribution in [0.4, 0.5) is 0 Å². The van der Waals surface area contributed by atoms with Crippen molar-refractivity contribution in [2.24, 2.45) is 0 Å². The highest BCUT2D eigenvalue weighted by molar-refractivity contribution is 5.91. The van der Waals surface area contributed by atoms with Crippen molar-refractivity contribution >= 4 is 5.78 Å². The van der Waals surface area contributed by atoms with Crippen molar-refractivity contribution in [3.8, 4) is 17.4 Å². The fourth-order valence-corrected chi connectivity index (χ4v) is 7.85. The molecule has 39 heavy (non-hydrogen) atoms. The SMILES string of the molecule is C[C@H](Oc1nc(-c2noc3c2CCC[C@@]32CCCCC2=O)nc2c1CCCO[C@]21CCOC1)[C@@H]1CCCN1C. The van der Waals surface area contributed by atoms with E-state index < -0.39 is 11.0 Å². The Kier molecular flexibility index (Phi) is 6.51. The molecule has 7 rings (SSSR count). The number of nitrogens with zero attached hydrogens (tertiary/aromatic N) is 4. The second-order valence-corrected chi connectivity index (χ2v) is 12.3. The summed E-state index contributed by atoms with van der Waals surface area (Å²) in [5.74, 6) is 2.20. The Balaban J connectivity index is 1.35. The summed E-state index contributed by atoms with van der Waals surface area (Å²) < 4.78 is 25.1. The van der Waals surface area contributed by atoms with Gasteiger partial charge in [-0.2, -0.15) is 4.98 Å². The third-order valence-electron chi connectivity index (χ3n) is 10.0. The molecule has 0 unspecified atom stereocenters. The van der Waals surface area contributed by atoms with Crippen molar-refractivity contribution in [3.63, 3.8) is 0 Å². The first-order valence-corrected chi connectivity index (χ1v) is 15.0. The second-order valence-electron chi connectivity index (χ2n) is 12.3. The van der Waals surface area contributed by atoms with Crippen LogP contribution in [0.1, 0.15) is 93.7 Å². The van der Waals surface area contributed by atoms with Crippen LogP contribution in [0, 0.1) is 0 Å². The van der Waals surface area contributed by atoms with Gasteiger partial charge in [-0.3, -0.25) is 9.69 Å². The molecule has 0 bridgehead atoms. The number of carbonyl (C=O) groups is 1. The first kappa shape index (κ1) is 25.6. The molecule has 1 saturated carbocycles. The van der Waals surface area contributed by atoms with Gasteiger partial charge in [-0.1, -0.05) is 11.6 Å². The van der Waals surface area contributed by atoms with E-state index in [1.165, 1.54) is 6.42 Å². The molecular formula is C30H40N4O5. The van der Waals surface area contributed by atoms with Crippen molar-refractivity contribution in [1.29, 1.82) is 0 Å². The molecule has 2 aliphatic carbocycles. The number of likely N-dealkylation sites (tertiary alicyclic amines) is 1. The maximum Gasteiger partial charge on any atom is 0.220 e.